The molecule has 21 heteroatoms. The van der Waals surface area contributed by atoms with Crippen LogP contribution < -0.4 is 54.4 Å². The number of unbranched alkanes of at least 4 members (excludes halogenated alkanes) is 1. The number of fused-ring (bicyclic) bond motifs is 1. The third kappa shape index (κ3) is 18.5. The van der Waals surface area contributed by atoms with Crippen LogP contribution in [0.25, 0.3) is 0 Å². The third-order valence-electron chi connectivity index (χ3n) is 10.9. The Morgan fingerprint density at radius 2 is 1.12 bits per heavy atom. The molecule has 0 saturated heterocycles. The van der Waals surface area contributed by atoms with Crippen molar-refractivity contribution in [3.8, 4) is 0 Å². The summed E-state index contributed by atoms with van der Waals surface area (Å²) in [6.07, 6.45) is 0.298. The monoisotopic (exact) mass is 976 g/mol. The van der Waals surface area contributed by atoms with E-state index in [0.29, 0.717) is 31.5 Å². The Morgan fingerprint density at radius 1 is 0.632 bits per heavy atom. The Labute approximate surface area is 404 Å². The van der Waals surface area contributed by atoms with E-state index in [0.717, 1.165) is 38.4 Å². The summed E-state index contributed by atoms with van der Waals surface area (Å²) in [5.41, 5.74) is 20.1. The van der Waals surface area contributed by atoms with Gasteiger partial charge in [-0.2, -0.15) is 0 Å². The zero-order valence-corrected chi connectivity index (χ0v) is 39.9. The number of hydrogen-bond donors (Lipinski definition) is 11. The molecule has 0 aliphatic carbocycles. The van der Waals surface area contributed by atoms with Crippen molar-refractivity contribution in [3.05, 3.63) is 102 Å². The maximum absolute atomic E-state index is 14.6. The lowest BCUT2D eigenvalue weighted by atomic mass is 9.93. The molecule has 2 unspecified atom stereocenters. The Hall–Kier alpha value is -6.16. The lowest BCUT2D eigenvalue weighted by Crippen LogP contribution is -2.60. The first kappa shape index (κ1) is 54.4. The minimum atomic E-state index is -1.35. The van der Waals surface area contributed by atoms with E-state index in [2.05, 4.69) is 37.2 Å². The lowest BCUT2D eigenvalue weighted by Gasteiger charge is -2.28. The summed E-state index contributed by atoms with van der Waals surface area (Å²) in [5.74, 6) is -5.93. The normalized spacial score (nSPS) is 15.9. The predicted octanol–water partition coefficient (Wildman–Crippen LogP) is 0.252. The third-order valence-corrected chi connectivity index (χ3v) is 13.4. The second kappa shape index (κ2) is 28.2. The van der Waals surface area contributed by atoms with Crippen molar-refractivity contribution in [2.75, 3.05) is 29.9 Å². The number of hydrogen-bond acceptors (Lipinski definition) is 13. The highest BCUT2D eigenvalue weighted by atomic mass is 33.1. The van der Waals surface area contributed by atoms with Gasteiger partial charge in [-0.1, -0.05) is 100 Å². The van der Waals surface area contributed by atoms with Gasteiger partial charge in [0, 0.05) is 49.4 Å². The molecule has 0 radical (unpaired) electrons. The first-order chi connectivity index (χ1) is 32.5. The van der Waals surface area contributed by atoms with Gasteiger partial charge in [-0.15, -0.1) is 0 Å². The van der Waals surface area contributed by atoms with Gasteiger partial charge in [0.2, 0.25) is 47.3 Å². The molecule has 1 aliphatic rings. The standard InChI is InChI=1S/C47H64N10O9S2/c1-28(58)21-41(60)53-39(43(50)62)26-67-68-27-40(57-44(63)36(52-29(2)59)22-30-13-5-3-6-14-30)47(66)55-37(23-31-15-7-4-8-16-31)45(64)56-38(24-32-25-51-34-18-10-9-17-33(32)34)46(65)54-35(42(49)61)19-11-12-20-48/h3-10,13-18,28,32,35-40,51,58H,11-12,19-27,48H2,1-2H3,(H2,49,61)(H2,50,62)(H,52,59)(H,53,60)(H,54,65)(H,55,66)(H,56,64)(H,57,63)/t28?,32?,35-,36+,37-,38+,39-,40-/m0/s1. The molecule has 14 N–H and O–H groups in total. The minimum absolute atomic E-state index is 0.0382. The van der Waals surface area contributed by atoms with Gasteiger partial charge in [0.05, 0.1) is 12.5 Å². The highest BCUT2D eigenvalue weighted by Crippen LogP contribution is 2.34. The number of aliphatic hydroxyl groups excluding tert-OH is 1. The summed E-state index contributed by atoms with van der Waals surface area (Å²) in [4.78, 5) is 107. The number of carbonyl (C=O) groups is 8. The number of para-hydroxylation sites is 1. The fourth-order valence-corrected chi connectivity index (χ4v) is 9.79. The fourth-order valence-electron chi connectivity index (χ4n) is 7.45. The Kier molecular flexibility index (Phi) is 22.6. The van der Waals surface area contributed by atoms with Gasteiger partial charge in [-0.3, -0.25) is 38.4 Å². The Balaban J connectivity index is 1.63. The van der Waals surface area contributed by atoms with Crippen molar-refractivity contribution in [3.63, 3.8) is 0 Å². The second-order valence-corrected chi connectivity index (χ2v) is 19.2. The molecule has 19 nitrogen and oxygen atoms in total. The van der Waals surface area contributed by atoms with Gasteiger partial charge in [0.1, 0.15) is 36.3 Å². The SMILES string of the molecule is CC(=O)N[C@H](Cc1ccccc1)C(=O)N[C@@H](CSSC[C@H](NC(=O)CC(C)O)C(N)=O)C(=O)N[C@@H](Cc1ccccc1)C(=O)N[C@H](CC1CNc2ccccc21)C(=O)N[C@@H](CCCCN)C(N)=O. The average molecular weight is 977 g/mol. The second-order valence-electron chi connectivity index (χ2n) is 16.6. The lowest BCUT2D eigenvalue weighted by molar-refractivity contribution is -0.134. The average Bonchev–Trinajstić information content (AvgIpc) is 3.71. The predicted molar refractivity (Wildman–Crippen MR) is 262 cm³/mol. The van der Waals surface area contributed by atoms with Crippen LogP contribution >= 0.6 is 21.6 Å². The van der Waals surface area contributed by atoms with Crippen LogP contribution in [0, 0.1) is 0 Å². The van der Waals surface area contributed by atoms with Crippen LogP contribution in [0.15, 0.2) is 84.9 Å². The van der Waals surface area contributed by atoms with E-state index < -0.39 is 89.6 Å². The van der Waals surface area contributed by atoms with E-state index in [9.17, 15) is 43.5 Å². The number of rotatable bonds is 29. The maximum atomic E-state index is 14.6. The molecule has 0 saturated carbocycles. The summed E-state index contributed by atoms with van der Waals surface area (Å²) in [7, 11) is 2.15. The fraction of sp³-hybridized carbons (Fsp3) is 0.447. The zero-order valence-electron chi connectivity index (χ0n) is 38.2. The van der Waals surface area contributed by atoms with Crippen LogP contribution in [0.5, 0.6) is 0 Å². The summed E-state index contributed by atoms with van der Waals surface area (Å²) in [5, 5.41) is 29.2. The first-order valence-electron chi connectivity index (χ1n) is 22.4. The summed E-state index contributed by atoms with van der Waals surface area (Å²) < 4.78 is 0. The van der Waals surface area contributed by atoms with Crippen molar-refractivity contribution < 1.29 is 43.5 Å². The molecular weight excluding hydrogens is 913 g/mol. The number of primary amides is 2. The van der Waals surface area contributed by atoms with Gasteiger partial charge < -0.3 is 59.5 Å². The maximum Gasteiger partial charge on any atom is 0.244 e. The van der Waals surface area contributed by atoms with Gasteiger partial charge >= 0.3 is 0 Å². The summed E-state index contributed by atoms with van der Waals surface area (Å²) >= 11 is 0. The van der Waals surface area contributed by atoms with E-state index in [4.69, 9.17) is 17.2 Å². The molecule has 8 amide bonds. The van der Waals surface area contributed by atoms with Crippen molar-refractivity contribution in [1.29, 1.82) is 0 Å². The Morgan fingerprint density at radius 3 is 1.68 bits per heavy atom. The number of carbonyl (C=O) groups excluding carboxylic acids is 8. The molecule has 0 spiro atoms. The van der Waals surface area contributed by atoms with E-state index >= 15 is 0 Å². The molecule has 3 aromatic rings. The van der Waals surface area contributed by atoms with Gasteiger partial charge in [-0.05, 0) is 61.9 Å². The van der Waals surface area contributed by atoms with E-state index in [1.807, 2.05) is 24.3 Å². The van der Waals surface area contributed by atoms with E-state index in [-0.39, 0.29) is 49.5 Å². The van der Waals surface area contributed by atoms with Gasteiger partial charge in [-0.25, -0.2) is 0 Å². The molecule has 0 fully saturated rings. The van der Waals surface area contributed by atoms with Crippen LogP contribution in [-0.4, -0.2) is 119 Å². The highest BCUT2D eigenvalue weighted by Gasteiger charge is 2.35. The molecule has 0 aromatic heterocycles. The van der Waals surface area contributed by atoms with Crippen molar-refractivity contribution >= 4 is 74.5 Å². The van der Waals surface area contributed by atoms with Crippen LogP contribution in [0.1, 0.15) is 68.6 Å². The number of nitrogens with one attached hydrogen (secondary N) is 7. The van der Waals surface area contributed by atoms with Crippen LogP contribution in [-0.2, 0) is 51.2 Å². The molecule has 1 aliphatic heterocycles. The van der Waals surface area contributed by atoms with Gasteiger partial charge in [0.25, 0.3) is 0 Å². The molecule has 8 atom stereocenters. The number of aliphatic hydroxyl groups is 1. The molecule has 0 bridgehead atoms. The largest absolute Gasteiger partial charge is 0.393 e. The van der Waals surface area contributed by atoms with Crippen LogP contribution in [0.2, 0.25) is 0 Å². The highest BCUT2D eigenvalue weighted by molar-refractivity contribution is 8.76. The minimum Gasteiger partial charge on any atom is -0.393 e. The van der Waals surface area contributed by atoms with E-state index in [1.165, 1.54) is 13.8 Å². The van der Waals surface area contributed by atoms with Crippen LogP contribution in [0.3, 0.4) is 0 Å². The topological polar surface area (TPSA) is 319 Å². The number of anilines is 1. The number of benzene rings is 3. The van der Waals surface area contributed by atoms with E-state index in [1.54, 1.807) is 60.7 Å². The zero-order chi connectivity index (χ0) is 49.6. The molecule has 4 rings (SSSR count). The van der Waals surface area contributed by atoms with Gasteiger partial charge in [0.15, 0.2) is 0 Å². The summed E-state index contributed by atoms with van der Waals surface area (Å²) in [6, 6.07) is 18.2. The quantitative estimate of drug-likeness (QED) is 0.0329. The smallest absolute Gasteiger partial charge is 0.244 e. The number of nitrogens with two attached hydrogens (primary N) is 3. The first-order valence-corrected chi connectivity index (χ1v) is 24.9. The van der Waals surface area contributed by atoms with Crippen molar-refractivity contribution in [2.24, 2.45) is 17.2 Å². The molecule has 68 heavy (non-hydrogen) atoms. The molecule has 1 heterocycles. The number of amides is 8. The Bertz CT molecular complexity index is 2170. The summed E-state index contributed by atoms with van der Waals surface area (Å²) in [6.45, 7) is 3.53. The van der Waals surface area contributed by atoms with Crippen LogP contribution in [0.4, 0.5) is 5.69 Å². The molecular formula is C47H64N10O9S2. The van der Waals surface area contributed by atoms with Crippen molar-refractivity contribution in [1.82, 2.24) is 31.9 Å². The molecule has 368 valence electrons. The molecule has 3 aromatic carbocycles. The van der Waals surface area contributed by atoms with Crippen molar-refractivity contribution in [2.45, 2.75) is 107 Å².